The molecule has 0 aliphatic carbocycles. The van der Waals surface area contributed by atoms with Crippen molar-refractivity contribution in [3.05, 3.63) is 23.9 Å². The molecule has 0 radical (unpaired) electrons. The Morgan fingerprint density at radius 1 is 1.36 bits per heavy atom. The summed E-state index contributed by atoms with van der Waals surface area (Å²) in [6.07, 6.45) is 3.42. The first-order chi connectivity index (χ1) is 10.3. The minimum atomic E-state index is -0.445. The second kappa shape index (κ2) is 8.61. The standard InChI is InChI=1S/C17H29N3O2/c1-6-20(15-13-14(2)9-11-18-15)12-8-7-10-19-16(21)22-17(3,4)5/h9,11,13H,6-8,10,12H2,1-5H3,(H,19,21). The SMILES string of the molecule is CCN(CCCCNC(=O)OC(C)(C)C)c1cc(C)ccn1. The van der Waals surface area contributed by atoms with Crippen LogP contribution in [0.4, 0.5) is 10.6 Å². The highest BCUT2D eigenvalue weighted by atomic mass is 16.6. The van der Waals surface area contributed by atoms with Gasteiger partial charge < -0.3 is 15.0 Å². The third-order valence-corrected chi connectivity index (χ3v) is 3.13. The predicted octanol–water partition coefficient (Wildman–Crippen LogP) is 3.52. The Kier molecular flexibility index (Phi) is 7.15. The molecule has 0 bridgehead atoms. The zero-order valence-electron chi connectivity index (χ0n) is 14.5. The largest absolute Gasteiger partial charge is 0.444 e. The van der Waals surface area contributed by atoms with Crippen LogP contribution in [0.3, 0.4) is 0 Å². The molecule has 5 nitrogen and oxygen atoms in total. The molecule has 1 aromatic heterocycles. The van der Waals surface area contributed by atoms with Gasteiger partial charge in [0.25, 0.3) is 0 Å². The smallest absolute Gasteiger partial charge is 0.407 e. The molecule has 0 saturated heterocycles. The Labute approximate surface area is 134 Å². The lowest BCUT2D eigenvalue weighted by Gasteiger charge is -2.22. The van der Waals surface area contributed by atoms with E-state index in [9.17, 15) is 4.79 Å². The van der Waals surface area contributed by atoms with E-state index in [1.54, 1.807) is 0 Å². The van der Waals surface area contributed by atoms with Gasteiger partial charge in [0.15, 0.2) is 0 Å². The van der Waals surface area contributed by atoms with Crippen molar-refractivity contribution in [1.29, 1.82) is 0 Å². The number of nitrogens with one attached hydrogen (secondary N) is 1. The molecule has 0 aliphatic heterocycles. The van der Waals surface area contributed by atoms with E-state index in [0.29, 0.717) is 6.54 Å². The van der Waals surface area contributed by atoms with Crippen molar-refractivity contribution in [2.24, 2.45) is 0 Å². The van der Waals surface area contributed by atoms with Crippen molar-refractivity contribution >= 4 is 11.9 Å². The van der Waals surface area contributed by atoms with Gasteiger partial charge in [-0.3, -0.25) is 0 Å². The van der Waals surface area contributed by atoms with Gasteiger partial charge in [-0.15, -0.1) is 0 Å². The third kappa shape index (κ3) is 7.29. The number of ether oxygens (including phenoxy) is 1. The van der Waals surface area contributed by atoms with E-state index in [0.717, 1.165) is 31.7 Å². The van der Waals surface area contributed by atoms with Crippen LogP contribution in [0.5, 0.6) is 0 Å². The summed E-state index contributed by atoms with van der Waals surface area (Å²) >= 11 is 0. The lowest BCUT2D eigenvalue weighted by molar-refractivity contribution is 0.0527. The number of carbonyl (C=O) groups excluding carboxylic acids is 1. The fourth-order valence-corrected chi connectivity index (χ4v) is 2.06. The number of aromatic nitrogens is 1. The average Bonchev–Trinajstić information content (AvgIpc) is 2.40. The third-order valence-electron chi connectivity index (χ3n) is 3.13. The van der Waals surface area contributed by atoms with Crippen LogP contribution in [-0.2, 0) is 4.74 Å². The van der Waals surface area contributed by atoms with Crippen LogP contribution in [-0.4, -0.2) is 36.3 Å². The number of hydrogen-bond donors (Lipinski definition) is 1. The number of rotatable bonds is 7. The molecule has 1 aromatic rings. The van der Waals surface area contributed by atoms with E-state index in [2.05, 4.69) is 35.1 Å². The van der Waals surface area contributed by atoms with E-state index >= 15 is 0 Å². The number of aryl methyl sites for hydroxylation is 1. The summed E-state index contributed by atoms with van der Waals surface area (Å²) in [5, 5.41) is 2.78. The van der Waals surface area contributed by atoms with Crippen LogP contribution in [0.15, 0.2) is 18.3 Å². The van der Waals surface area contributed by atoms with Gasteiger partial charge in [-0.05, 0) is 65.2 Å². The predicted molar refractivity (Wildman–Crippen MR) is 90.3 cm³/mol. The number of amides is 1. The van der Waals surface area contributed by atoms with Gasteiger partial charge in [0.1, 0.15) is 11.4 Å². The lowest BCUT2D eigenvalue weighted by Crippen LogP contribution is -2.33. The van der Waals surface area contributed by atoms with Gasteiger partial charge in [-0.1, -0.05) is 0 Å². The highest BCUT2D eigenvalue weighted by Crippen LogP contribution is 2.12. The van der Waals surface area contributed by atoms with E-state index in [1.807, 2.05) is 33.0 Å². The molecule has 5 heteroatoms. The zero-order chi connectivity index (χ0) is 16.6. The van der Waals surface area contributed by atoms with Gasteiger partial charge in [0.05, 0.1) is 0 Å². The lowest BCUT2D eigenvalue weighted by atomic mass is 10.2. The fourth-order valence-electron chi connectivity index (χ4n) is 2.06. The molecule has 1 heterocycles. The summed E-state index contributed by atoms with van der Waals surface area (Å²) in [5.41, 5.74) is 0.773. The molecule has 124 valence electrons. The highest BCUT2D eigenvalue weighted by Gasteiger charge is 2.15. The quantitative estimate of drug-likeness (QED) is 0.783. The molecule has 22 heavy (non-hydrogen) atoms. The van der Waals surface area contributed by atoms with E-state index in [-0.39, 0.29) is 6.09 Å². The van der Waals surface area contributed by atoms with E-state index in [4.69, 9.17) is 4.74 Å². The van der Waals surface area contributed by atoms with Crippen molar-refractivity contribution in [2.75, 3.05) is 24.5 Å². The highest BCUT2D eigenvalue weighted by molar-refractivity contribution is 5.67. The Hall–Kier alpha value is -1.78. The zero-order valence-corrected chi connectivity index (χ0v) is 14.5. The summed E-state index contributed by atoms with van der Waals surface area (Å²) in [6.45, 7) is 12.3. The number of pyridine rings is 1. The van der Waals surface area contributed by atoms with E-state index < -0.39 is 5.60 Å². The van der Waals surface area contributed by atoms with Crippen molar-refractivity contribution < 1.29 is 9.53 Å². The van der Waals surface area contributed by atoms with Gasteiger partial charge in [0, 0.05) is 25.8 Å². The number of unbranched alkanes of at least 4 members (excludes halogenated alkanes) is 1. The summed E-state index contributed by atoms with van der Waals surface area (Å²) < 4.78 is 5.20. The Morgan fingerprint density at radius 3 is 2.68 bits per heavy atom. The van der Waals surface area contributed by atoms with Gasteiger partial charge in [-0.25, -0.2) is 9.78 Å². The van der Waals surface area contributed by atoms with Gasteiger partial charge in [0.2, 0.25) is 0 Å². The number of anilines is 1. The topological polar surface area (TPSA) is 54.5 Å². The van der Waals surface area contributed by atoms with E-state index in [1.165, 1.54) is 5.56 Å². The van der Waals surface area contributed by atoms with Crippen molar-refractivity contribution in [1.82, 2.24) is 10.3 Å². The molecule has 1 N–H and O–H groups in total. The Bertz CT molecular complexity index is 469. The molecule has 0 fully saturated rings. The summed E-state index contributed by atoms with van der Waals surface area (Å²) in [7, 11) is 0. The molecule has 0 unspecified atom stereocenters. The second-order valence-corrected chi connectivity index (χ2v) is 6.41. The van der Waals surface area contributed by atoms with Crippen LogP contribution in [0, 0.1) is 6.92 Å². The molecule has 0 saturated carbocycles. The minimum Gasteiger partial charge on any atom is -0.444 e. The molecule has 0 spiro atoms. The van der Waals surface area contributed by atoms with Crippen LogP contribution in [0.25, 0.3) is 0 Å². The van der Waals surface area contributed by atoms with Crippen molar-refractivity contribution in [3.63, 3.8) is 0 Å². The number of alkyl carbamates (subject to hydrolysis) is 1. The van der Waals surface area contributed by atoms with Crippen LogP contribution in [0.1, 0.15) is 46.1 Å². The Morgan fingerprint density at radius 2 is 2.09 bits per heavy atom. The number of hydrogen-bond acceptors (Lipinski definition) is 4. The maximum absolute atomic E-state index is 11.5. The van der Waals surface area contributed by atoms with Crippen molar-refractivity contribution in [2.45, 2.75) is 53.1 Å². The molecule has 1 amide bonds. The van der Waals surface area contributed by atoms with Crippen LogP contribution in [0.2, 0.25) is 0 Å². The fraction of sp³-hybridized carbons (Fsp3) is 0.647. The second-order valence-electron chi connectivity index (χ2n) is 6.41. The molecular formula is C17H29N3O2. The van der Waals surface area contributed by atoms with Gasteiger partial charge in [-0.2, -0.15) is 0 Å². The summed E-state index contributed by atoms with van der Waals surface area (Å²) in [4.78, 5) is 18.2. The number of nitrogens with zero attached hydrogens (tertiary/aromatic N) is 2. The normalized spacial score (nSPS) is 11.1. The van der Waals surface area contributed by atoms with Crippen molar-refractivity contribution in [3.8, 4) is 0 Å². The Balaban J connectivity index is 2.27. The van der Waals surface area contributed by atoms with Gasteiger partial charge >= 0.3 is 6.09 Å². The molecule has 1 rings (SSSR count). The maximum atomic E-state index is 11.5. The summed E-state index contributed by atoms with van der Waals surface area (Å²) in [5.74, 6) is 1.02. The first-order valence-corrected chi connectivity index (χ1v) is 7.96. The van der Waals surface area contributed by atoms with Crippen LogP contribution < -0.4 is 10.2 Å². The first-order valence-electron chi connectivity index (χ1n) is 7.96. The summed E-state index contributed by atoms with van der Waals surface area (Å²) in [6, 6.07) is 4.10. The molecule has 0 atom stereocenters. The van der Waals surface area contributed by atoms with Crippen LogP contribution >= 0.6 is 0 Å². The molecular weight excluding hydrogens is 278 g/mol. The monoisotopic (exact) mass is 307 g/mol. The first kappa shape index (κ1) is 18.3. The minimum absolute atomic E-state index is 0.347. The molecule has 0 aliphatic rings. The average molecular weight is 307 g/mol. The number of carbonyl (C=O) groups is 1. The maximum Gasteiger partial charge on any atom is 0.407 e. The molecule has 0 aromatic carbocycles.